The van der Waals surface area contributed by atoms with Crippen LogP contribution < -0.4 is 0 Å². The topological polar surface area (TPSA) is 112 Å². The Morgan fingerprint density at radius 3 is 1.12 bits per heavy atom. The van der Waals surface area contributed by atoms with Crippen LogP contribution in [0.2, 0.25) is 0 Å². The van der Waals surface area contributed by atoms with Gasteiger partial charge >= 0.3 is 0 Å². The minimum atomic E-state index is -2.80. The summed E-state index contributed by atoms with van der Waals surface area (Å²) in [6, 6.07) is 0. The number of aliphatic hydroxyl groups excluding tert-OH is 2. The van der Waals surface area contributed by atoms with Crippen LogP contribution >= 0.6 is 0 Å². The molecule has 0 bridgehead atoms. The molecule has 0 aliphatic heterocycles. The molecule has 298 valence electrons. The Kier molecular flexibility index (Phi) is 34.3. The quantitative estimate of drug-likeness (QED) is 0.0431. The van der Waals surface area contributed by atoms with Crippen molar-refractivity contribution in [2.24, 2.45) is 0 Å². The number of ketones is 3. The van der Waals surface area contributed by atoms with Crippen molar-refractivity contribution in [1.29, 1.82) is 0 Å². The van der Waals surface area contributed by atoms with Crippen molar-refractivity contribution in [1.82, 2.24) is 0 Å². The maximum absolute atomic E-state index is 13.4. The number of allylic oxidation sites excluding steroid dienone is 4. The summed E-state index contributed by atoms with van der Waals surface area (Å²) in [6.45, 7) is 6.62. The van der Waals surface area contributed by atoms with Gasteiger partial charge in [0.25, 0.3) is 0 Å². The Bertz CT molecular complexity index is 853. The van der Waals surface area contributed by atoms with E-state index >= 15 is 0 Å². The van der Waals surface area contributed by atoms with Crippen LogP contribution in [0.15, 0.2) is 24.3 Å². The van der Waals surface area contributed by atoms with Crippen molar-refractivity contribution < 1.29 is 29.7 Å². The van der Waals surface area contributed by atoms with Gasteiger partial charge in [-0.15, -0.1) is 0 Å². The van der Waals surface area contributed by atoms with Crippen LogP contribution in [0.5, 0.6) is 0 Å². The predicted octanol–water partition coefficient (Wildman–Crippen LogP) is 11.8. The maximum Gasteiger partial charge on any atom is 0.189 e. The van der Waals surface area contributed by atoms with Crippen LogP contribution in [0.1, 0.15) is 226 Å². The summed E-state index contributed by atoms with van der Waals surface area (Å²) >= 11 is 0. The molecule has 51 heavy (non-hydrogen) atoms. The highest BCUT2D eigenvalue weighted by Gasteiger charge is 2.53. The molecule has 0 aliphatic rings. The summed E-state index contributed by atoms with van der Waals surface area (Å²) in [5, 5.41) is 33.7. The predicted molar refractivity (Wildman–Crippen MR) is 215 cm³/mol. The second-order valence-electron chi connectivity index (χ2n) is 15.1. The molecule has 0 aromatic heterocycles. The standard InChI is InChI=1S/C45H82O6/c1-4-7-10-13-16-19-20-21-22-23-24-27-30-33-36-39-42(48)45(51,43(49)40(46)37-34-31-28-25-17-14-11-8-5-2)44(50)41(47)38-35-32-29-26-18-15-12-9-6-3/h16,19,21-22,43-44,49-51H,4-15,17-18,20,23-39H2,1-3H3/b19-16-,22-21-. The summed E-state index contributed by atoms with van der Waals surface area (Å²) in [6.07, 6.45) is 35.0. The molecule has 0 aromatic rings. The Balaban J connectivity index is 4.88. The van der Waals surface area contributed by atoms with Crippen molar-refractivity contribution >= 4 is 17.3 Å². The molecule has 0 aromatic carbocycles. The van der Waals surface area contributed by atoms with Crippen LogP contribution in [0, 0.1) is 0 Å². The zero-order chi connectivity index (χ0) is 37.8. The normalized spacial score (nSPS) is 14.3. The molecule has 0 fully saturated rings. The van der Waals surface area contributed by atoms with Crippen LogP contribution in [0.25, 0.3) is 0 Å². The van der Waals surface area contributed by atoms with E-state index in [-0.39, 0.29) is 19.3 Å². The average Bonchev–Trinajstić information content (AvgIpc) is 3.13. The molecule has 0 rings (SSSR count). The fourth-order valence-electron chi connectivity index (χ4n) is 6.74. The van der Waals surface area contributed by atoms with E-state index in [9.17, 15) is 29.7 Å². The third kappa shape index (κ3) is 25.9. The molecule has 0 aliphatic carbocycles. The van der Waals surface area contributed by atoms with Gasteiger partial charge in [-0.1, -0.05) is 180 Å². The largest absolute Gasteiger partial charge is 0.382 e. The molecule has 0 radical (unpaired) electrons. The number of aliphatic hydroxyl groups is 3. The third-order valence-corrected chi connectivity index (χ3v) is 10.3. The summed E-state index contributed by atoms with van der Waals surface area (Å²) in [7, 11) is 0. The van der Waals surface area contributed by atoms with Crippen LogP contribution in [0.3, 0.4) is 0 Å². The average molecular weight is 719 g/mol. The molecule has 0 saturated heterocycles. The Hall–Kier alpha value is -1.63. The number of carbonyl (C=O) groups excluding carboxylic acids is 3. The smallest absolute Gasteiger partial charge is 0.189 e. The first kappa shape index (κ1) is 49.4. The Morgan fingerprint density at radius 2 is 0.725 bits per heavy atom. The minimum absolute atomic E-state index is 0.00938. The summed E-state index contributed by atoms with van der Waals surface area (Å²) in [4.78, 5) is 39.6. The first-order chi connectivity index (χ1) is 24.8. The highest BCUT2D eigenvalue weighted by Crippen LogP contribution is 2.26. The van der Waals surface area contributed by atoms with E-state index in [2.05, 4.69) is 45.1 Å². The first-order valence-corrected chi connectivity index (χ1v) is 21.7. The Morgan fingerprint density at radius 1 is 0.431 bits per heavy atom. The number of carbonyl (C=O) groups is 3. The summed E-state index contributed by atoms with van der Waals surface area (Å²) < 4.78 is 0. The lowest BCUT2D eigenvalue weighted by atomic mass is 9.78. The van der Waals surface area contributed by atoms with Gasteiger partial charge in [0.15, 0.2) is 35.2 Å². The van der Waals surface area contributed by atoms with Gasteiger partial charge < -0.3 is 15.3 Å². The zero-order valence-electron chi connectivity index (χ0n) is 33.7. The monoisotopic (exact) mass is 719 g/mol. The molecule has 0 saturated carbocycles. The van der Waals surface area contributed by atoms with E-state index in [1.807, 2.05) is 0 Å². The minimum Gasteiger partial charge on any atom is -0.382 e. The molecule has 0 spiro atoms. The molecule has 6 heteroatoms. The molecule has 2 atom stereocenters. The number of rotatable bonds is 39. The van der Waals surface area contributed by atoms with Crippen molar-refractivity contribution in [2.45, 2.75) is 244 Å². The van der Waals surface area contributed by atoms with Crippen LogP contribution in [0.4, 0.5) is 0 Å². The highest BCUT2D eigenvalue weighted by atomic mass is 16.4. The lowest BCUT2D eigenvalue weighted by molar-refractivity contribution is -0.181. The van der Waals surface area contributed by atoms with E-state index in [4.69, 9.17) is 0 Å². The van der Waals surface area contributed by atoms with Gasteiger partial charge in [0, 0.05) is 19.3 Å². The molecular formula is C45H82O6. The van der Waals surface area contributed by atoms with Gasteiger partial charge in [-0.2, -0.15) is 0 Å². The molecule has 0 heterocycles. The molecule has 0 amide bonds. The number of hydrogen-bond donors (Lipinski definition) is 3. The van der Waals surface area contributed by atoms with E-state index < -0.39 is 35.2 Å². The van der Waals surface area contributed by atoms with E-state index in [0.29, 0.717) is 19.3 Å². The van der Waals surface area contributed by atoms with Gasteiger partial charge in [-0.05, 0) is 51.4 Å². The van der Waals surface area contributed by atoms with Crippen molar-refractivity contribution in [2.75, 3.05) is 0 Å². The molecule has 6 nitrogen and oxygen atoms in total. The molecule has 2 unspecified atom stereocenters. The lowest BCUT2D eigenvalue weighted by Crippen LogP contribution is -2.63. The first-order valence-electron chi connectivity index (χ1n) is 21.7. The van der Waals surface area contributed by atoms with E-state index in [0.717, 1.165) is 83.5 Å². The summed E-state index contributed by atoms with van der Waals surface area (Å²) in [5.41, 5.74) is -2.80. The highest BCUT2D eigenvalue weighted by molar-refractivity contribution is 6.01. The van der Waals surface area contributed by atoms with Gasteiger partial charge in [0.2, 0.25) is 0 Å². The maximum atomic E-state index is 13.4. The fourth-order valence-corrected chi connectivity index (χ4v) is 6.74. The third-order valence-electron chi connectivity index (χ3n) is 10.3. The summed E-state index contributed by atoms with van der Waals surface area (Å²) in [5.74, 6) is -2.17. The lowest BCUT2D eigenvalue weighted by Gasteiger charge is -2.34. The van der Waals surface area contributed by atoms with E-state index in [1.54, 1.807) is 0 Å². The van der Waals surface area contributed by atoms with E-state index in [1.165, 1.54) is 83.5 Å². The van der Waals surface area contributed by atoms with Gasteiger partial charge in [0.1, 0.15) is 0 Å². The fraction of sp³-hybridized carbons (Fsp3) is 0.844. The Labute approximate surface area is 314 Å². The van der Waals surface area contributed by atoms with Crippen LogP contribution in [-0.2, 0) is 14.4 Å². The zero-order valence-corrected chi connectivity index (χ0v) is 33.7. The van der Waals surface area contributed by atoms with Gasteiger partial charge in [-0.3, -0.25) is 14.4 Å². The number of Topliss-reactive ketones (excluding diaryl/α,β-unsaturated/α-hetero) is 3. The number of hydrogen-bond acceptors (Lipinski definition) is 6. The van der Waals surface area contributed by atoms with Crippen LogP contribution in [-0.4, -0.2) is 50.5 Å². The molecular weight excluding hydrogens is 636 g/mol. The van der Waals surface area contributed by atoms with Gasteiger partial charge in [0.05, 0.1) is 0 Å². The van der Waals surface area contributed by atoms with Crippen molar-refractivity contribution in [3.05, 3.63) is 24.3 Å². The molecule has 3 N–H and O–H groups in total. The van der Waals surface area contributed by atoms with Gasteiger partial charge in [-0.25, -0.2) is 0 Å². The number of unbranched alkanes of at least 4 members (excludes halogenated alkanes) is 24. The second kappa shape index (κ2) is 35.4. The van der Waals surface area contributed by atoms with Crippen molar-refractivity contribution in [3.8, 4) is 0 Å². The SMILES string of the molecule is CCCCC/C=C\C/C=C\CCCCCCCC(=O)C(O)(C(O)C(=O)CCCCCCCCCCC)C(O)C(=O)CCCCCCCCCCC. The second-order valence-corrected chi connectivity index (χ2v) is 15.1. The van der Waals surface area contributed by atoms with Crippen molar-refractivity contribution in [3.63, 3.8) is 0 Å².